The van der Waals surface area contributed by atoms with Crippen molar-refractivity contribution in [2.45, 2.75) is 6.18 Å². The Kier molecular flexibility index (Phi) is 3.17. The van der Waals surface area contributed by atoms with Gasteiger partial charge in [0.05, 0.1) is 5.56 Å². The van der Waals surface area contributed by atoms with Crippen LogP contribution in [0.3, 0.4) is 0 Å². The highest BCUT2D eigenvalue weighted by Gasteiger charge is 2.30. The fraction of sp³-hybridized carbons (Fsp3) is 0.0667. The van der Waals surface area contributed by atoms with Gasteiger partial charge in [-0.15, -0.1) is 11.3 Å². The smallest absolute Gasteiger partial charge is 0.366 e. The fourth-order valence-electron chi connectivity index (χ4n) is 2.18. The van der Waals surface area contributed by atoms with Gasteiger partial charge in [-0.3, -0.25) is 9.59 Å². The number of amides is 1. The second-order valence-corrected chi connectivity index (χ2v) is 5.80. The van der Waals surface area contributed by atoms with E-state index in [1.54, 1.807) is 0 Å². The molecule has 0 saturated carbocycles. The van der Waals surface area contributed by atoms with E-state index in [9.17, 15) is 22.8 Å². The topological polar surface area (TPSA) is 60.2 Å². The van der Waals surface area contributed by atoms with Crippen LogP contribution in [0.25, 0.3) is 20.2 Å². The van der Waals surface area contributed by atoms with Crippen molar-refractivity contribution >= 4 is 37.4 Å². The van der Waals surface area contributed by atoms with Crippen LogP contribution < -0.4 is 11.2 Å². The van der Waals surface area contributed by atoms with Crippen LogP contribution in [0.4, 0.5) is 13.2 Å². The number of primary amides is 1. The molecule has 3 nitrogen and oxygen atoms in total. The van der Waals surface area contributed by atoms with Crippen molar-refractivity contribution in [3.05, 3.63) is 57.7 Å². The number of rotatable bonds is 1. The van der Waals surface area contributed by atoms with Crippen LogP contribution in [0.2, 0.25) is 0 Å². The van der Waals surface area contributed by atoms with E-state index >= 15 is 0 Å². The normalized spacial score (nSPS) is 12.0. The molecule has 3 aromatic rings. The third-order valence-electron chi connectivity index (χ3n) is 3.28. The second kappa shape index (κ2) is 4.81. The highest BCUT2D eigenvalue weighted by molar-refractivity contribution is 7.24. The molecule has 0 aliphatic rings. The molecule has 0 spiro atoms. The summed E-state index contributed by atoms with van der Waals surface area (Å²) in [5, 5.41) is 0.569. The number of hydrogen-bond acceptors (Lipinski definition) is 3. The summed E-state index contributed by atoms with van der Waals surface area (Å²) in [6.07, 6.45) is -4.48. The monoisotopic (exact) mass is 323 g/mol. The van der Waals surface area contributed by atoms with Gasteiger partial charge >= 0.3 is 6.18 Å². The van der Waals surface area contributed by atoms with Crippen LogP contribution in [0, 0.1) is 0 Å². The minimum Gasteiger partial charge on any atom is -0.366 e. The van der Waals surface area contributed by atoms with Gasteiger partial charge in [-0.05, 0) is 36.4 Å². The van der Waals surface area contributed by atoms with Crippen LogP contribution in [0.5, 0.6) is 0 Å². The maximum Gasteiger partial charge on any atom is 0.416 e. The van der Waals surface area contributed by atoms with Gasteiger partial charge in [-0.2, -0.15) is 13.2 Å². The van der Waals surface area contributed by atoms with Crippen molar-refractivity contribution in [3.63, 3.8) is 0 Å². The number of halogens is 3. The number of nitrogens with two attached hydrogens (primary N) is 1. The number of carbonyl (C=O) groups is 1. The van der Waals surface area contributed by atoms with Gasteiger partial charge in [0.15, 0.2) is 5.43 Å². The molecule has 3 rings (SSSR count). The molecule has 2 aromatic carbocycles. The summed E-state index contributed by atoms with van der Waals surface area (Å²) in [5.41, 5.74) is 4.19. The second-order valence-electron chi connectivity index (χ2n) is 4.72. The zero-order chi connectivity index (χ0) is 16.1. The summed E-state index contributed by atoms with van der Waals surface area (Å²) >= 11 is 1.02. The Hall–Kier alpha value is -2.41. The molecule has 0 unspecified atom stereocenters. The summed E-state index contributed by atoms with van der Waals surface area (Å²) in [6, 6.07) is 7.32. The van der Waals surface area contributed by atoms with Gasteiger partial charge in [0, 0.05) is 25.7 Å². The third-order valence-corrected chi connectivity index (χ3v) is 4.40. The van der Waals surface area contributed by atoms with E-state index < -0.39 is 17.6 Å². The summed E-state index contributed by atoms with van der Waals surface area (Å²) in [7, 11) is 0. The predicted molar refractivity (Wildman–Crippen MR) is 79.1 cm³/mol. The standard InChI is InChI=1S/C15H8F3NO2S/c16-15(17,18)8-2-4-10-12(6-8)22-11-5-7(14(19)21)1-3-9(11)13(10)20/h1-6H,(H2,19,21). The third kappa shape index (κ3) is 2.33. The first kappa shape index (κ1) is 14.5. The Morgan fingerprint density at radius 1 is 1.00 bits per heavy atom. The molecule has 1 amide bonds. The fourth-order valence-corrected chi connectivity index (χ4v) is 3.33. The highest BCUT2D eigenvalue weighted by Crippen LogP contribution is 2.33. The molecular weight excluding hydrogens is 315 g/mol. The first-order valence-electron chi connectivity index (χ1n) is 6.15. The van der Waals surface area contributed by atoms with E-state index in [1.165, 1.54) is 24.3 Å². The van der Waals surface area contributed by atoms with Gasteiger partial charge < -0.3 is 5.73 Å². The van der Waals surface area contributed by atoms with Crippen LogP contribution in [-0.4, -0.2) is 5.91 Å². The van der Waals surface area contributed by atoms with Gasteiger partial charge in [-0.25, -0.2) is 0 Å². The lowest BCUT2D eigenvalue weighted by atomic mass is 10.1. The highest BCUT2D eigenvalue weighted by atomic mass is 32.1. The van der Waals surface area contributed by atoms with E-state index in [4.69, 9.17) is 5.73 Å². The molecule has 1 heterocycles. The van der Waals surface area contributed by atoms with E-state index in [-0.39, 0.29) is 21.1 Å². The molecule has 2 N–H and O–H groups in total. The Bertz CT molecular complexity index is 976. The van der Waals surface area contributed by atoms with Crippen molar-refractivity contribution in [1.29, 1.82) is 0 Å². The maximum absolute atomic E-state index is 12.8. The van der Waals surface area contributed by atoms with Crippen LogP contribution >= 0.6 is 11.3 Å². The van der Waals surface area contributed by atoms with Gasteiger partial charge in [0.25, 0.3) is 0 Å². The summed E-state index contributed by atoms with van der Waals surface area (Å²) < 4.78 is 38.9. The number of benzene rings is 2. The SMILES string of the molecule is NC(=O)c1ccc2c(=O)c3ccc(C(F)(F)F)cc3sc2c1. The summed E-state index contributed by atoms with van der Waals surface area (Å²) in [4.78, 5) is 23.5. The molecule has 0 aliphatic heterocycles. The van der Waals surface area contributed by atoms with E-state index in [0.717, 1.165) is 23.5 Å². The van der Waals surface area contributed by atoms with Crippen molar-refractivity contribution in [3.8, 4) is 0 Å². The Balaban J connectivity index is 2.37. The van der Waals surface area contributed by atoms with Gasteiger partial charge in [-0.1, -0.05) is 0 Å². The summed E-state index contributed by atoms with van der Waals surface area (Å²) in [5.74, 6) is -0.661. The molecule has 0 saturated heterocycles. The largest absolute Gasteiger partial charge is 0.416 e. The minimum absolute atomic E-state index is 0.203. The number of hydrogen-bond donors (Lipinski definition) is 1. The van der Waals surface area contributed by atoms with Crippen molar-refractivity contribution in [2.24, 2.45) is 5.73 Å². The van der Waals surface area contributed by atoms with Gasteiger partial charge in [0.2, 0.25) is 5.91 Å². The number of fused-ring (bicyclic) bond motifs is 2. The van der Waals surface area contributed by atoms with E-state index in [2.05, 4.69) is 0 Å². The lowest BCUT2D eigenvalue weighted by molar-refractivity contribution is -0.137. The zero-order valence-electron chi connectivity index (χ0n) is 10.9. The van der Waals surface area contributed by atoms with Crippen LogP contribution in [-0.2, 0) is 6.18 Å². The minimum atomic E-state index is -4.48. The van der Waals surface area contributed by atoms with Crippen molar-refractivity contribution < 1.29 is 18.0 Å². The Morgan fingerprint density at radius 2 is 1.59 bits per heavy atom. The number of carbonyl (C=O) groups excluding carboxylic acids is 1. The lowest BCUT2D eigenvalue weighted by Crippen LogP contribution is -2.11. The molecular formula is C15H8F3NO2S. The molecule has 0 bridgehead atoms. The molecule has 7 heteroatoms. The first-order chi connectivity index (χ1) is 10.3. The molecule has 112 valence electrons. The van der Waals surface area contributed by atoms with E-state index in [0.29, 0.717) is 10.1 Å². The zero-order valence-corrected chi connectivity index (χ0v) is 11.7. The maximum atomic E-state index is 12.8. The molecule has 0 atom stereocenters. The first-order valence-corrected chi connectivity index (χ1v) is 6.96. The molecule has 22 heavy (non-hydrogen) atoms. The number of alkyl halides is 3. The Morgan fingerprint density at radius 3 is 2.18 bits per heavy atom. The van der Waals surface area contributed by atoms with Crippen LogP contribution in [0.1, 0.15) is 15.9 Å². The van der Waals surface area contributed by atoms with Gasteiger partial charge in [0.1, 0.15) is 0 Å². The molecule has 0 fully saturated rings. The predicted octanol–water partition coefficient (Wildman–Crippen LogP) is 3.53. The van der Waals surface area contributed by atoms with Crippen molar-refractivity contribution in [2.75, 3.05) is 0 Å². The van der Waals surface area contributed by atoms with E-state index in [1.807, 2.05) is 0 Å². The average molecular weight is 323 g/mol. The van der Waals surface area contributed by atoms with Crippen LogP contribution in [0.15, 0.2) is 41.2 Å². The molecule has 1 aromatic heterocycles. The lowest BCUT2D eigenvalue weighted by Gasteiger charge is -2.08. The van der Waals surface area contributed by atoms with Crippen molar-refractivity contribution in [1.82, 2.24) is 0 Å². The molecule has 0 aliphatic carbocycles. The Labute approximate surface area is 125 Å². The average Bonchev–Trinajstić information content (AvgIpc) is 2.45. The quantitative estimate of drug-likeness (QED) is 0.696. The molecule has 0 radical (unpaired) electrons. The summed E-state index contributed by atoms with van der Waals surface area (Å²) in [6.45, 7) is 0.